The molecule has 0 radical (unpaired) electrons. The zero-order valence-electron chi connectivity index (χ0n) is 15.5. The molecule has 2 atom stereocenters. The molecular formula is C21H38O2. The molecule has 2 nitrogen and oxygen atoms in total. The predicted molar refractivity (Wildman–Crippen MR) is 96.3 cm³/mol. The molecule has 0 spiro atoms. The predicted octanol–water partition coefficient (Wildman–Crippen LogP) is 6.28. The molecule has 0 saturated heterocycles. The smallest absolute Gasteiger partial charge is 0.306 e. The van der Waals surface area contributed by atoms with Gasteiger partial charge in [0.25, 0.3) is 0 Å². The summed E-state index contributed by atoms with van der Waals surface area (Å²) >= 11 is 0. The van der Waals surface area contributed by atoms with Gasteiger partial charge in [-0.1, -0.05) is 52.4 Å². The summed E-state index contributed by atoms with van der Waals surface area (Å²) in [7, 11) is 0. The van der Waals surface area contributed by atoms with Crippen molar-refractivity contribution in [2.45, 2.75) is 110 Å². The van der Waals surface area contributed by atoms with Crippen LogP contribution in [0.15, 0.2) is 0 Å². The van der Waals surface area contributed by atoms with E-state index in [0.29, 0.717) is 6.42 Å². The molecule has 2 heteroatoms. The van der Waals surface area contributed by atoms with Gasteiger partial charge in [-0.3, -0.25) is 4.79 Å². The van der Waals surface area contributed by atoms with Crippen molar-refractivity contribution in [3.63, 3.8) is 0 Å². The Balaban J connectivity index is 1.69. The lowest BCUT2D eigenvalue weighted by molar-refractivity contribution is -0.151. The molecule has 0 heterocycles. The third-order valence-corrected chi connectivity index (χ3v) is 6.19. The summed E-state index contributed by atoms with van der Waals surface area (Å²) < 4.78 is 5.70. The van der Waals surface area contributed by atoms with E-state index in [1.807, 2.05) is 6.92 Å². The largest absolute Gasteiger partial charge is 0.462 e. The highest BCUT2D eigenvalue weighted by Gasteiger charge is 2.32. The Kier molecular flexibility index (Phi) is 8.47. The minimum absolute atomic E-state index is 0.0257. The maximum Gasteiger partial charge on any atom is 0.306 e. The first-order valence-electron chi connectivity index (χ1n) is 10.4. The van der Waals surface area contributed by atoms with E-state index in [1.165, 1.54) is 64.2 Å². The number of hydrogen-bond donors (Lipinski definition) is 0. The van der Waals surface area contributed by atoms with E-state index in [9.17, 15) is 4.79 Å². The summed E-state index contributed by atoms with van der Waals surface area (Å²) in [4.78, 5) is 11.7. The Hall–Kier alpha value is -0.530. The molecule has 2 saturated carbocycles. The number of carbonyl (C=O) groups is 1. The molecule has 2 aliphatic carbocycles. The lowest BCUT2D eigenvalue weighted by atomic mass is 9.70. The monoisotopic (exact) mass is 322 g/mol. The maximum atomic E-state index is 11.7. The van der Waals surface area contributed by atoms with Crippen molar-refractivity contribution in [2.75, 3.05) is 0 Å². The summed E-state index contributed by atoms with van der Waals surface area (Å²) in [6.45, 7) is 4.34. The Morgan fingerprint density at radius 2 is 1.70 bits per heavy atom. The van der Waals surface area contributed by atoms with Crippen LogP contribution in [-0.2, 0) is 9.53 Å². The van der Waals surface area contributed by atoms with Gasteiger partial charge in [-0.15, -0.1) is 0 Å². The Labute approximate surface area is 143 Å². The van der Waals surface area contributed by atoms with Gasteiger partial charge in [-0.25, -0.2) is 0 Å². The van der Waals surface area contributed by atoms with Crippen molar-refractivity contribution in [3.05, 3.63) is 0 Å². The molecule has 0 unspecified atom stereocenters. The summed E-state index contributed by atoms with van der Waals surface area (Å²) in [5, 5.41) is 0. The maximum absolute atomic E-state index is 11.7. The quantitative estimate of drug-likeness (QED) is 0.388. The number of hydrogen-bond acceptors (Lipinski definition) is 2. The number of unbranched alkanes of at least 4 members (excludes halogenated alkanes) is 2. The molecule has 0 N–H and O–H groups in total. The first-order valence-corrected chi connectivity index (χ1v) is 10.4. The summed E-state index contributed by atoms with van der Waals surface area (Å²) in [5.74, 6) is 2.75. The van der Waals surface area contributed by atoms with Crippen LogP contribution in [0.3, 0.4) is 0 Å². The molecule has 0 aromatic heterocycles. The third-order valence-electron chi connectivity index (χ3n) is 6.19. The van der Waals surface area contributed by atoms with Crippen molar-refractivity contribution in [1.82, 2.24) is 0 Å². The van der Waals surface area contributed by atoms with Gasteiger partial charge in [0.1, 0.15) is 6.10 Å². The Bertz CT molecular complexity index is 331. The summed E-state index contributed by atoms with van der Waals surface area (Å²) in [5.41, 5.74) is 0. The molecule has 0 aromatic rings. The van der Waals surface area contributed by atoms with Crippen LogP contribution in [0.2, 0.25) is 0 Å². The van der Waals surface area contributed by atoms with E-state index in [0.717, 1.165) is 37.0 Å². The highest BCUT2D eigenvalue weighted by molar-refractivity contribution is 5.69. The fourth-order valence-electron chi connectivity index (χ4n) is 4.80. The van der Waals surface area contributed by atoms with E-state index in [2.05, 4.69) is 6.92 Å². The summed E-state index contributed by atoms with van der Waals surface area (Å²) in [6, 6.07) is 0. The van der Waals surface area contributed by atoms with Crippen LogP contribution in [0.4, 0.5) is 0 Å². The number of esters is 1. The minimum Gasteiger partial charge on any atom is -0.462 e. The lowest BCUT2D eigenvalue weighted by Gasteiger charge is -2.38. The van der Waals surface area contributed by atoms with Crippen molar-refractivity contribution in [3.8, 4) is 0 Å². The van der Waals surface area contributed by atoms with Crippen LogP contribution in [0, 0.1) is 17.8 Å². The molecule has 0 aliphatic heterocycles. The topological polar surface area (TPSA) is 26.3 Å². The van der Waals surface area contributed by atoms with Gasteiger partial charge < -0.3 is 4.74 Å². The average Bonchev–Trinajstić information content (AvgIpc) is 2.56. The van der Waals surface area contributed by atoms with Crippen LogP contribution in [0.1, 0.15) is 104 Å². The highest BCUT2D eigenvalue weighted by Crippen LogP contribution is 2.41. The molecule has 134 valence electrons. The van der Waals surface area contributed by atoms with Crippen LogP contribution >= 0.6 is 0 Å². The Morgan fingerprint density at radius 1 is 0.913 bits per heavy atom. The minimum atomic E-state index is 0.0257. The van der Waals surface area contributed by atoms with Gasteiger partial charge in [0, 0.05) is 6.42 Å². The molecule has 2 fully saturated rings. The van der Waals surface area contributed by atoms with Crippen molar-refractivity contribution in [1.29, 1.82) is 0 Å². The van der Waals surface area contributed by atoms with E-state index < -0.39 is 0 Å². The summed E-state index contributed by atoms with van der Waals surface area (Å²) in [6.07, 6.45) is 18.0. The number of rotatable bonds is 8. The second-order valence-corrected chi connectivity index (χ2v) is 8.07. The van der Waals surface area contributed by atoms with E-state index in [-0.39, 0.29) is 12.1 Å². The zero-order valence-corrected chi connectivity index (χ0v) is 15.5. The van der Waals surface area contributed by atoms with Gasteiger partial charge in [-0.2, -0.15) is 0 Å². The normalized spacial score (nSPS) is 31.7. The molecule has 0 amide bonds. The average molecular weight is 323 g/mol. The van der Waals surface area contributed by atoms with E-state index >= 15 is 0 Å². The molecule has 0 bridgehead atoms. The number of carbonyl (C=O) groups excluding carboxylic acids is 1. The zero-order chi connectivity index (χ0) is 16.5. The van der Waals surface area contributed by atoms with Gasteiger partial charge in [-0.05, 0) is 62.7 Å². The molecule has 2 rings (SSSR count). The van der Waals surface area contributed by atoms with Gasteiger partial charge in [0.2, 0.25) is 0 Å². The van der Waals surface area contributed by atoms with Crippen LogP contribution in [-0.4, -0.2) is 12.1 Å². The van der Waals surface area contributed by atoms with Gasteiger partial charge in [0.15, 0.2) is 0 Å². The SMILES string of the molecule is CCCCC[C@H]1CC[C@@H]([C@@H]2CCC[C@@H](OC(=O)CCC)C2)CC1. The van der Waals surface area contributed by atoms with Crippen molar-refractivity contribution in [2.24, 2.45) is 17.8 Å². The Morgan fingerprint density at radius 3 is 2.39 bits per heavy atom. The fourth-order valence-corrected chi connectivity index (χ4v) is 4.80. The van der Waals surface area contributed by atoms with Crippen molar-refractivity contribution >= 4 is 5.97 Å². The van der Waals surface area contributed by atoms with Crippen LogP contribution < -0.4 is 0 Å². The fraction of sp³-hybridized carbons (Fsp3) is 0.952. The van der Waals surface area contributed by atoms with E-state index in [4.69, 9.17) is 4.74 Å². The lowest BCUT2D eigenvalue weighted by Crippen LogP contribution is -2.31. The first-order chi connectivity index (χ1) is 11.2. The second-order valence-electron chi connectivity index (χ2n) is 8.07. The molecule has 0 aromatic carbocycles. The van der Waals surface area contributed by atoms with Gasteiger partial charge >= 0.3 is 5.97 Å². The van der Waals surface area contributed by atoms with Crippen LogP contribution in [0.25, 0.3) is 0 Å². The molecular weight excluding hydrogens is 284 g/mol. The standard InChI is InChI=1S/C21H38O2/c1-3-5-6-9-17-12-14-18(15-13-17)19-10-7-11-20(16-19)23-21(22)8-4-2/h17-20H,3-16H2,1-2H3/t17-,18+,19-,20-/m1/s1. The second kappa shape index (κ2) is 10.4. The first kappa shape index (κ1) is 18.8. The van der Waals surface area contributed by atoms with Crippen LogP contribution in [0.5, 0.6) is 0 Å². The van der Waals surface area contributed by atoms with Gasteiger partial charge in [0.05, 0.1) is 0 Å². The van der Waals surface area contributed by atoms with E-state index in [1.54, 1.807) is 0 Å². The third kappa shape index (κ3) is 6.47. The molecule has 23 heavy (non-hydrogen) atoms. The molecule has 2 aliphatic rings. The number of ether oxygens (including phenoxy) is 1. The highest BCUT2D eigenvalue weighted by atomic mass is 16.5. The van der Waals surface area contributed by atoms with Crippen molar-refractivity contribution < 1.29 is 9.53 Å².